The molecule has 390 valence electrons. The number of nitrogens with zero attached hydrogens (tertiary/aromatic N) is 6. The molecule has 1 aromatic heterocycles. The summed E-state index contributed by atoms with van der Waals surface area (Å²) in [6, 6.07) is 26.1. The summed E-state index contributed by atoms with van der Waals surface area (Å²) in [5.41, 5.74) is 10.1. The van der Waals surface area contributed by atoms with Crippen LogP contribution in [0.2, 0.25) is 0 Å². The number of carboxylic acid groups (broad SMARTS) is 2. The molecule has 6 rings (SSSR count). The summed E-state index contributed by atoms with van der Waals surface area (Å²) >= 11 is 0. The average molecular weight is 1040 g/mol. The Labute approximate surface area is 426 Å². The van der Waals surface area contributed by atoms with Gasteiger partial charge in [0.1, 0.15) is 22.1 Å². The van der Waals surface area contributed by atoms with E-state index in [1.807, 2.05) is 0 Å². The summed E-state index contributed by atoms with van der Waals surface area (Å²) in [5, 5.41) is 39.2. The van der Waals surface area contributed by atoms with Gasteiger partial charge in [0.25, 0.3) is 0 Å². The molecule has 73 heavy (non-hydrogen) atoms. The molecule has 8 N–H and O–H groups in total. The van der Waals surface area contributed by atoms with Crippen molar-refractivity contribution in [2.75, 3.05) is 43.6 Å². The maximum absolute atomic E-state index is 16.6. The fraction of sp³-hybridized carbons (Fsp3) is 0.340. The summed E-state index contributed by atoms with van der Waals surface area (Å²) in [5.74, 6) is 1.31. The number of ether oxygens (including phenoxy) is 3. The molecule has 0 aliphatic heterocycles. The molecular formula is C50H62N10O11S2. The van der Waals surface area contributed by atoms with Crippen molar-refractivity contribution in [2.24, 2.45) is 10.8 Å². The Kier molecular flexibility index (Phi) is 16.5. The first-order valence-corrected chi connectivity index (χ1v) is 25.3. The van der Waals surface area contributed by atoms with E-state index in [1.165, 1.54) is 38.3 Å². The van der Waals surface area contributed by atoms with Crippen LogP contribution in [0.4, 0.5) is 26.7 Å². The van der Waals surface area contributed by atoms with Crippen LogP contribution in [0.1, 0.15) is 58.2 Å². The molecule has 5 aromatic carbocycles. The van der Waals surface area contributed by atoms with Crippen molar-refractivity contribution in [3.05, 3.63) is 120 Å². The normalized spacial score (nSPS) is 12.6. The van der Waals surface area contributed by atoms with Crippen LogP contribution in [-0.4, -0.2) is 103 Å². The number of nitrogens with one attached hydrogen (secondary N) is 2. The van der Waals surface area contributed by atoms with Crippen molar-refractivity contribution >= 4 is 50.2 Å². The molecule has 0 bridgehead atoms. The molecule has 23 heteroatoms. The van der Waals surface area contributed by atoms with E-state index in [9.17, 15) is 28.2 Å². The molecule has 1 heterocycles. The molecule has 6 aromatic rings. The van der Waals surface area contributed by atoms with Gasteiger partial charge in [0.15, 0.2) is 0 Å². The van der Waals surface area contributed by atoms with E-state index >= 15 is 8.42 Å². The monoisotopic (exact) mass is 1040 g/mol. The largest absolute Gasteiger partial charge is 0.497 e. The number of thiol groups is 1. The van der Waals surface area contributed by atoms with Gasteiger partial charge in [0.2, 0.25) is 26.7 Å². The Hall–Kier alpha value is -7.63. The lowest BCUT2D eigenvalue weighted by Gasteiger charge is -2.58. The number of methoxy groups -OCH3 is 3. The second-order valence-electron chi connectivity index (χ2n) is 19.1. The number of aromatic nitrogens is 4. The number of tetrazole rings is 1. The molecule has 0 radical (unpaired) electrons. The van der Waals surface area contributed by atoms with Crippen molar-refractivity contribution in [3.8, 4) is 39.8 Å². The van der Waals surface area contributed by atoms with Crippen LogP contribution in [0.3, 0.4) is 0 Å². The highest BCUT2D eigenvalue weighted by atomic mass is 32.2. The second kappa shape index (κ2) is 22.0. The number of anilines is 3. The van der Waals surface area contributed by atoms with Crippen molar-refractivity contribution in [1.29, 1.82) is 0 Å². The number of amides is 2. The first-order chi connectivity index (χ1) is 34.4. The number of hydrogen-bond acceptors (Lipinski definition) is 14. The molecule has 0 aliphatic carbocycles. The van der Waals surface area contributed by atoms with Crippen molar-refractivity contribution < 1.29 is 50.8 Å². The maximum Gasteiger partial charge on any atom is 0.405 e. The molecule has 0 spiro atoms. The fourth-order valence-corrected chi connectivity index (χ4v) is 12.2. The Morgan fingerprint density at radius 2 is 1.23 bits per heavy atom. The molecule has 2 amide bonds. The van der Waals surface area contributed by atoms with Crippen LogP contribution < -0.4 is 40.6 Å². The minimum Gasteiger partial charge on any atom is -0.497 e. The minimum absolute atomic E-state index is 0.0393. The summed E-state index contributed by atoms with van der Waals surface area (Å²) in [4.78, 5) is 26.2. The predicted molar refractivity (Wildman–Crippen MR) is 277 cm³/mol. The predicted octanol–water partition coefficient (Wildman–Crippen LogP) is 6.70. The second-order valence-corrected chi connectivity index (χ2v) is 21.9. The lowest BCUT2D eigenvalue weighted by Crippen LogP contribution is -2.76. The smallest absolute Gasteiger partial charge is 0.405 e. The van der Waals surface area contributed by atoms with E-state index in [-0.39, 0.29) is 53.5 Å². The van der Waals surface area contributed by atoms with Gasteiger partial charge in [-0.15, -0.1) is 10.2 Å². The highest BCUT2D eigenvalue weighted by Gasteiger charge is 2.60. The quantitative estimate of drug-likeness (QED) is 0.0309. The number of para-hydroxylation sites is 1. The van der Waals surface area contributed by atoms with Gasteiger partial charge in [-0.05, 0) is 86.8 Å². The molecule has 0 saturated heterocycles. The Bertz CT molecular complexity index is 3050. The zero-order valence-corrected chi connectivity index (χ0v) is 43.7. The van der Waals surface area contributed by atoms with E-state index in [0.717, 1.165) is 8.61 Å². The molecule has 1 atom stereocenters. The lowest BCUT2D eigenvalue weighted by atomic mass is 9.56. The zero-order valence-electron chi connectivity index (χ0n) is 42.0. The van der Waals surface area contributed by atoms with Gasteiger partial charge in [0.05, 0.1) is 62.1 Å². The molecule has 0 aliphatic rings. The Balaban J connectivity index is 1.81. The molecule has 1 unspecified atom stereocenters. The Morgan fingerprint density at radius 3 is 1.68 bits per heavy atom. The number of nitrogens with two attached hydrogens (primary N) is 2. The van der Waals surface area contributed by atoms with Crippen molar-refractivity contribution in [1.82, 2.24) is 35.1 Å². The zero-order chi connectivity index (χ0) is 53.6. The third-order valence-corrected chi connectivity index (χ3v) is 15.4. The minimum atomic E-state index is -5.15. The van der Waals surface area contributed by atoms with Gasteiger partial charge < -0.3 is 46.5 Å². The van der Waals surface area contributed by atoms with Crippen LogP contribution in [0.15, 0.2) is 108 Å². The van der Waals surface area contributed by atoms with Crippen LogP contribution in [0.5, 0.6) is 17.2 Å². The highest BCUT2D eigenvalue weighted by Crippen LogP contribution is 2.51. The fourth-order valence-electron chi connectivity index (χ4n) is 9.53. The van der Waals surface area contributed by atoms with Gasteiger partial charge in [0, 0.05) is 25.2 Å². The molecule has 0 saturated carbocycles. The van der Waals surface area contributed by atoms with E-state index in [1.54, 1.807) is 133 Å². The molecule has 0 fully saturated rings. The van der Waals surface area contributed by atoms with Gasteiger partial charge in [-0.3, -0.25) is 4.31 Å². The van der Waals surface area contributed by atoms with E-state index in [0.29, 0.717) is 33.9 Å². The number of hydrogen-bond donors (Lipinski definition) is 7. The van der Waals surface area contributed by atoms with Gasteiger partial charge in [-0.2, -0.15) is 9.10 Å². The number of nitrogen functional groups attached to an aromatic ring is 2. The summed E-state index contributed by atoms with van der Waals surface area (Å²) in [6.45, 7) is 8.70. The maximum atomic E-state index is 16.6. The number of rotatable bonds is 20. The highest BCUT2D eigenvalue weighted by molar-refractivity contribution is 7.89. The number of benzene rings is 5. The van der Waals surface area contributed by atoms with Crippen molar-refractivity contribution in [3.63, 3.8) is 0 Å². The van der Waals surface area contributed by atoms with Crippen molar-refractivity contribution in [2.45, 2.75) is 77.7 Å². The van der Waals surface area contributed by atoms with Crippen LogP contribution >= 0.6 is 0 Å². The van der Waals surface area contributed by atoms with Crippen LogP contribution in [0, 0.1) is 10.8 Å². The van der Waals surface area contributed by atoms with E-state index in [4.69, 9.17) is 30.8 Å². The number of sulfonamides is 1. The summed E-state index contributed by atoms with van der Waals surface area (Å²) < 4.78 is 80.4. The van der Waals surface area contributed by atoms with Crippen LogP contribution in [-0.2, 0) is 40.5 Å². The molecular weight excluding hydrogens is 981 g/mol. The lowest BCUT2D eigenvalue weighted by molar-refractivity contribution is 0.00333. The SMILES string of the molecule is COc1ccc(CN(Cc2ccc(OC)cc2)S(=O)(=O)c2c(N(C(CNC(=O)O)C(NC(=O)O)(C(C)(C)C)C(C)(C)C)[SH](=O)=O)ccc(-c3cccc(N)c3N)c2-c2nnn(Cc3ccc(OC)cc3)n2)cc1. The first kappa shape index (κ1) is 54.7. The van der Waals surface area contributed by atoms with Gasteiger partial charge in [-0.25, -0.2) is 26.4 Å². The summed E-state index contributed by atoms with van der Waals surface area (Å²) in [6.07, 6.45) is -3.13. The molecule has 21 nitrogen and oxygen atoms in total. The van der Waals surface area contributed by atoms with Gasteiger partial charge >= 0.3 is 12.2 Å². The number of carbonyl (C=O) groups is 2. The van der Waals surface area contributed by atoms with E-state index < -0.39 is 72.6 Å². The third-order valence-electron chi connectivity index (χ3n) is 12.7. The van der Waals surface area contributed by atoms with E-state index in [2.05, 4.69) is 20.9 Å². The topological polar surface area (TPSA) is 297 Å². The Morgan fingerprint density at radius 1 is 0.726 bits per heavy atom. The third kappa shape index (κ3) is 11.7. The van der Waals surface area contributed by atoms with Crippen LogP contribution in [0.25, 0.3) is 22.5 Å². The summed E-state index contributed by atoms with van der Waals surface area (Å²) in [7, 11) is -4.66. The first-order valence-electron chi connectivity index (χ1n) is 22.8. The standard InChI is InChI=1S/C50H62N10O11S2/c1-48(2,3)50(49(4,5)6,54-47(63)64)41(27-53-46(61)62)60(72(65)66)40-26-25-37(38-11-10-12-39(51)43(38)52)42(45-55-57-59(56-45)30-33-17-23-36(71-9)24-18-33)44(40)73(67,68)58(28-31-13-19-34(69-7)20-14-31)29-32-15-21-35(70-8)22-16-32/h10-26,41,53-54,72H,27-30,51-52H2,1-9H3,(H,61,62)(H,63,64). The van der Waals surface area contributed by atoms with Gasteiger partial charge in [-0.1, -0.05) is 96.1 Å². The average Bonchev–Trinajstić information content (AvgIpc) is 3.80.